The fourth-order valence-electron chi connectivity index (χ4n) is 3.30. The zero-order valence-electron chi connectivity index (χ0n) is 15.3. The van der Waals surface area contributed by atoms with E-state index in [1.165, 1.54) is 11.3 Å². The summed E-state index contributed by atoms with van der Waals surface area (Å²) in [5.41, 5.74) is 4.27. The highest BCUT2D eigenvalue weighted by atomic mass is 16.5. The first-order valence-corrected chi connectivity index (χ1v) is 8.85. The van der Waals surface area contributed by atoms with Gasteiger partial charge in [-0.15, -0.1) is 0 Å². The van der Waals surface area contributed by atoms with Crippen LogP contribution in [0.4, 0.5) is 0 Å². The van der Waals surface area contributed by atoms with Crippen LogP contribution in [0.25, 0.3) is 0 Å². The lowest BCUT2D eigenvalue weighted by Crippen LogP contribution is -2.44. The first kappa shape index (κ1) is 17.7. The molecule has 1 fully saturated rings. The number of benzene rings is 1. The van der Waals surface area contributed by atoms with E-state index in [0.717, 1.165) is 37.4 Å². The van der Waals surface area contributed by atoms with E-state index < -0.39 is 0 Å². The standard InChI is InChI=1S/C20H27N3O2/c1-15-6-7-17(13-16(15)2)20(24)21-14-19(18-5-4-8-22(18)3)23-9-11-25-12-10-23/h4-8,13,19H,9-12,14H2,1-3H3,(H,21,24). The van der Waals surface area contributed by atoms with E-state index in [1.807, 2.05) is 44.4 Å². The lowest BCUT2D eigenvalue weighted by atomic mass is 10.1. The number of amides is 1. The van der Waals surface area contributed by atoms with Gasteiger partial charge >= 0.3 is 0 Å². The molecule has 0 bridgehead atoms. The average molecular weight is 341 g/mol. The van der Waals surface area contributed by atoms with Crippen molar-refractivity contribution < 1.29 is 9.53 Å². The van der Waals surface area contributed by atoms with Gasteiger partial charge in [-0.3, -0.25) is 9.69 Å². The Labute approximate surface area is 149 Å². The third-order valence-corrected chi connectivity index (χ3v) is 5.04. The van der Waals surface area contributed by atoms with E-state index in [0.29, 0.717) is 6.54 Å². The molecule has 134 valence electrons. The van der Waals surface area contributed by atoms with Crippen molar-refractivity contribution >= 4 is 5.91 Å². The van der Waals surface area contributed by atoms with Crippen LogP contribution in [0.2, 0.25) is 0 Å². The Morgan fingerprint density at radius 1 is 1.20 bits per heavy atom. The molecular weight excluding hydrogens is 314 g/mol. The third-order valence-electron chi connectivity index (χ3n) is 5.04. The smallest absolute Gasteiger partial charge is 0.251 e. The van der Waals surface area contributed by atoms with Crippen molar-refractivity contribution in [3.63, 3.8) is 0 Å². The van der Waals surface area contributed by atoms with E-state index in [2.05, 4.69) is 27.8 Å². The number of morpholine rings is 1. The molecule has 5 nitrogen and oxygen atoms in total. The summed E-state index contributed by atoms with van der Waals surface area (Å²) < 4.78 is 7.61. The summed E-state index contributed by atoms with van der Waals surface area (Å²) in [7, 11) is 2.05. The topological polar surface area (TPSA) is 46.5 Å². The molecule has 5 heteroatoms. The number of aryl methyl sites for hydroxylation is 3. The monoisotopic (exact) mass is 341 g/mol. The van der Waals surface area contributed by atoms with Crippen molar-refractivity contribution in [2.24, 2.45) is 7.05 Å². The zero-order chi connectivity index (χ0) is 17.8. The van der Waals surface area contributed by atoms with Gasteiger partial charge in [-0.25, -0.2) is 0 Å². The second kappa shape index (κ2) is 7.85. The van der Waals surface area contributed by atoms with E-state index in [-0.39, 0.29) is 11.9 Å². The number of rotatable bonds is 5. The molecule has 1 atom stereocenters. The minimum absolute atomic E-state index is 0.0180. The maximum Gasteiger partial charge on any atom is 0.251 e. The maximum atomic E-state index is 12.6. The number of carbonyl (C=O) groups excluding carboxylic acids is 1. The largest absolute Gasteiger partial charge is 0.379 e. The molecule has 1 aliphatic rings. The second-order valence-electron chi connectivity index (χ2n) is 6.72. The van der Waals surface area contributed by atoms with Crippen molar-refractivity contribution in [2.45, 2.75) is 19.9 Å². The van der Waals surface area contributed by atoms with E-state index in [1.54, 1.807) is 0 Å². The van der Waals surface area contributed by atoms with Gasteiger partial charge in [0.2, 0.25) is 0 Å². The Hall–Kier alpha value is -2.11. The van der Waals surface area contributed by atoms with E-state index >= 15 is 0 Å². The summed E-state index contributed by atoms with van der Waals surface area (Å²) in [6.07, 6.45) is 2.05. The average Bonchev–Trinajstić information content (AvgIpc) is 3.04. The third kappa shape index (κ3) is 4.11. The van der Waals surface area contributed by atoms with Crippen LogP contribution in [0.1, 0.15) is 33.2 Å². The van der Waals surface area contributed by atoms with Gasteiger partial charge in [0.05, 0.1) is 19.3 Å². The van der Waals surface area contributed by atoms with Crippen LogP contribution in [0.5, 0.6) is 0 Å². The van der Waals surface area contributed by atoms with Crippen molar-refractivity contribution in [2.75, 3.05) is 32.8 Å². The van der Waals surface area contributed by atoms with Gasteiger partial charge in [0, 0.05) is 44.1 Å². The van der Waals surface area contributed by atoms with E-state index in [4.69, 9.17) is 4.74 Å². The first-order chi connectivity index (χ1) is 12.1. The molecular formula is C20H27N3O2. The summed E-state index contributed by atoms with van der Waals surface area (Å²) >= 11 is 0. The number of aromatic nitrogens is 1. The molecule has 1 aliphatic heterocycles. The predicted molar refractivity (Wildman–Crippen MR) is 98.8 cm³/mol. The molecule has 1 N–H and O–H groups in total. The summed E-state index contributed by atoms with van der Waals surface area (Å²) in [5, 5.41) is 3.12. The Morgan fingerprint density at radius 3 is 2.60 bits per heavy atom. The summed E-state index contributed by atoms with van der Waals surface area (Å²) in [6.45, 7) is 7.93. The minimum Gasteiger partial charge on any atom is -0.379 e. The summed E-state index contributed by atoms with van der Waals surface area (Å²) in [6, 6.07) is 10.2. The van der Waals surface area contributed by atoms with Crippen LogP contribution < -0.4 is 5.32 Å². The van der Waals surface area contributed by atoms with Crippen LogP contribution >= 0.6 is 0 Å². The molecule has 25 heavy (non-hydrogen) atoms. The number of hydrogen-bond acceptors (Lipinski definition) is 3. The number of nitrogens with zero attached hydrogens (tertiary/aromatic N) is 2. The van der Waals surface area contributed by atoms with Crippen molar-refractivity contribution in [3.8, 4) is 0 Å². The fourth-order valence-corrected chi connectivity index (χ4v) is 3.30. The second-order valence-corrected chi connectivity index (χ2v) is 6.72. The van der Waals surface area contributed by atoms with Gasteiger partial charge in [-0.05, 0) is 49.2 Å². The van der Waals surface area contributed by atoms with Gasteiger partial charge in [-0.2, -0.15) is 0 Å². The first-order valence-electron chi connectivity index (χ1n) is 8.85. The normalized spacial score (nSPS) is 16.6. The molecule has 1 aromatic carbocycles. The lowest BCUT2D eigenvalue weighted by molar-refractivity contribution is 0.0148. The molecule has 0 aliphatic carbocycles. The van der Waals surface area contributed by atoms with Crippen LogP contribution in [0.15, 0.2) is 36.5 Å². The van der Waals surface area contributed by atoms with Crippen molar-refractivity contribution in [1.82, 2.24) is 14.8 Å². The highest BCUT2D eigenvalue weighted by molar-refractivity contribution is 5.94. The molecule has 2 aromatic rings. The minimum atomic E-state index is -0.0180. The van der Waals surface area contributed by atoms with Gasteiger partial charge in [0.15, 0.2) is 0 Å². The van der Waals surface area contributed by atoms with Crippen LogP contribution in [-0.2, 0) is 11.8 Å². The maximum absolute atomic E-state index is 12.6. The van der Waals surface area contributed by atoms with Gasteiger partial charge in [-0.1, -0.05) is 6.07 Å². The Kier molecular flexibility index (Phi) is 5.56. The highest BCUT2D eigenvalue weighted by Gasteiger charge is 2.25. The highest BCUT2D eigenvalue weighted by Crippen LogP contribution is 2.21. The Morgan fingerprint density at radius 2 is 1.96 bits per heavy atom. The molecule has 0 saturated carbocycles. The SMILES string of the molecule is Cc1ccc(C(=O)NCC(c2cccn2C)N2CCOCC2)cc1C. The molecule has 1 unspecified atom stereocenters. The zero-order valence-corrected chi connectivity index (χ0v) is 15.3. The van der Waals surface area contributed by atoms with Crippen molar-refractivity contribution in [1.29, 1.82) is 0 Å². The molecule has 0 radical (unpaired) electrons. The van der Waals surface area contributed by atoms with Crippen LogP contribution in [0, 0.1) is 13.8 Å². The number of ether oxygens (including phenoxy) is 1. The van der Waals surface area contributed by atoms with Gasteiger partial charge in [0.1, 0.15) is 0 Å². The Balaban J connectivity index is 1.72. The summed E-state index contributed by atoms with van der Waals surface area (Å²) in [4.78, 5) is 15.0. The molecule has 2 heterocycles. The molecule has 1 aromatic heterocycles. The summed E-state index contributed by atoms with van der Waals surface area (Å²) in [5.74, 6) is -0.0180. The number of hydrogen-bond donors (Lipinski definition) is 1. The molecule has 3 rings (SSSR count). The number of carbonyl (C=O) groups is 1. The van der Waals surface area contributed by atoms with Crippen LogP contribution in [-0.4, -0.2) is 48.2 Å². The Bertz CT molecular complexity index is 732. The predicted octanol–water partition coefficient (Wildman–Crippen LogP) is 2.45. The van der Waals surface area contributed by atoms with Gasteiger partial charge in [0.25, 0.3) is 5.91 Å². The lowest BCUT2D eigenvalue weighted by Gasteiger charge is -2.35. The quantitative estimate of drug-likeness (QED) is 0.909. The van der Waals surface area contributed by atoms with Gasteiger partial charge < -0.3 is 14.6 Å². The number of nitrogens with one attached hydrogen (secondary N) is 1. The van der Waals surface area contributed by atoms with E-state index in [9.17, 15) is 4.79 Å². The van der Waals surface area contributed by atoms with Crippen LogP contribution in [0.3, 0.4) is 0 Å². The van der Waals surface area contributed by atoms with Crippen molar-refractivity contribution in [3.05, 3.63) is 58.9 Å². The molecule has 1 amide bonds. The molecule has 0 spiro atoms. The molecule has 1 saturated heterocycles. The fraction of sp³-hybridized carbons (Fsp3) is 0.450.